The second-order valence-electron chi connectivity index (χ2n) is 7.40. The molecule has 2 aliphatic rings. The summed E-state index contributed by atoms with van der Waals surface area (Å²) in [5.41, 5.74) is 0. The molecular weight excluding hydrogens is 453 g/mol. The maximum absolute atomic E-state index is 11.8. The van der Waals surface area contributed by atoms with E-state index in [2.05, 4.69) is 41.3 Å². The molecule has 0 radical (unpaired) electrons. The third-order valence-electron chi connectivity index (χ3n) is 5.17. The monoisotopic (exact) mass is 487 g/mol. The Balaban J connectivity index is 0.00000312. The van der Waals surface area contributed by atoms with E-state index in [9.17, 15) is 8.42 Å². The molecule has 0 amide bonds. The van der Waals surface area contributed by atoms with E-state index in [4.69, 9.17) is 0 Å². The van der Waals surface area contributed by atoms with Crippen LogP contribution in [0.4, 0.5) is 0 Å². The van der Waals surface area contributed by atoms with Crippen molar-refractivity contribution < 1.29 is 8.42 Å². The van der Waals surface area contributed by atoms with Gasteiger partial charge in [-0.25, -0.2) is 8.42 Å². The SMILES string of the molecule is CN=C(NC[C@H]1CCCN1S(C)(=O)=O)NC1CN(C(C)C)CC1C.I. The topological polar surface area (TPSA) is 77.0 Å². The van der Waals surface area contributed by atoms with Gasteiger partial charge in [0.15, 0.2) is 5.96 Å². The molecule has 148 valence electrons. The highest BCUT2D eigenvalue weighted by molar-refractivity contribution is 14.0. The third kappa shape index (κ3) is 6.21. The summed E-state index contributed by atoms with van der Waals surface area (Å²) in [6.45, 7) is 10.0. The lowest BCUT2D eigenvalue weighted by Crippen LogP contribution is -2.50. The zero-order chi connectivity index (χ0) is 17.9. The molecular formula is C16H34IN5O2S. The molecule has 0 aliphatic carbocycles. The molecule has 0 spiro atoms. The minimum atomic E-state index is -3.13. The van der Waals surface area contributed by atoms with E-state index in [1.807, 2.05) is 0 Å². The van der Waals surface area contributed by atoms with Crippen molar-refractivity contribution in [3.63, 3.8) is 0 Å². The van der Waals surface area contributed by atoms with Gasteiger partial charge in [0.2, 0.25) is 10.0 Å². The summed E-state index contributed by atoms with van der Waals surface area (Å²) < 4.78 is 25.3. The molecule has 2 unspecified atom stereocenters. The summed E-state index contributed by atoms with van der Waals surface area (Å²) in [5, 5.41) is 6.83. The third-order valence-corrected chi connectivity index (χ3v) is 6.50. The van der Waals surface area contributed by atoms with Crippen molar-refractivity contribution in [1.29, 1.82) is 0 Å². The number of nitrogens with one attached hydrogen (secondary N) is 2. The minimum absolute atomic E-state index is 0. The van der Waals surface area contributed by atoms with Crippen LogP contribution >= 0.6 is 24.0 Å². The van der Waals surface area contributed by atoms with Crippen LogP contribution < -0.4 is 10.6 Å². The van der Waals surface area contributed by atoms with Gasteiger partial charge in [-0.15, -0.1) is 24.0 Å². The minimum Gasteiger partial charge on any atom is -0.355 e. The van der Waals surface area contributed by atoms with Crippen LogP contribution in [0.25, 0.3) is 0 Å². The number of hydrogen-bond acceptors (Lipinski definition) is 4. The first-order chi connectivity index (χ1) is 11.2. The summed E-state index contributed by atoms with van der Waals surface area (Å²) in [4.78, 5) is 6.78. The van der Waals surface area contributed by atoms with Gasteiger partial charge in [-0.05, 0) is 32.6 Å². The molecule has 9 heteroatoms. The van der Waals surface area contributed by atoms with E-state index >= 15 is 0 Å². The predicted octanol–water partition coefficient (Wildman–Crippen LogP) is 0.922. The van der Waals surface area contributed by atoms with E-state index in [1.165, 1.54) is 6.26 Å². The zero-order valence-corrected chi connectivity index (χ0v) is 19.2. The van der Waals surface area contributed by atoms with E-state index in [1.54, 1.807) is 11.4 Å². The Kier molecular flexibility index (Phi) is 8.89. The van der Waals surface area contributed by atoms with Crippen LogP contribution in [0.3, 0.4) is 0 Å². The van der Waals surface area contributed by atoms with Gasteiger partial charge in [0.1, 0.15) is 0 Å². The van der Waals surface area contributed by atoms with Crippen molar-refractivity contribution in [2.45, 2.75) is 51.7 Å². The lowest BCUT2D eigenvalue weighted by molar-refractivity contribution is 0.265. The molecule has 0 saturated carbocycles. The molecule has 2 heterocycles. The van der Waals surface area contributed by atoms with Crippen molar-refractivity contribution in [2.24, 2.45) is 10.9 Å². The Bertz CT molecular complexity index is 555. The van der Waals surface area contributed by atoms with Gasteiger partial charge in [-0.3, -0.25) is 9.89 Å². The number of likely N-dealkylation sites (tertiary alicyclic amines) is 1. The largest absolute Gasteiger partial charge is 0.355 e. The van der Waals surface area contributed by atoms with Gasteiger partial charge in [-0.2, -0.15) is 4.31 Å². The van der Waals surface area contributed by atoms with Crippen molar-refractivity contribution in [3.8, 4) is 0 Å². The lowest BCUT2D eigenvalue weighted by Gasteiger charge is -2.25. The average molecular weight is 487 g/mol. The second-order valence-corrected chi connectivity index (χ2v) is 9.33. The fraction of sp³-hybridized carbons (Fsp3) is 0.938. The molecule has 25 heavy (non-hydrogen) atoms. The number of nitrogens with zero attached hydrogens (tertiary/aromatic N) is 3. The maximum atomic E-state index is 11.8. The number of halogens is 1. The van der Waals surface area contributed by atoms with Crippen LogP contribution in [0.1, 0.15) is 33.6 Å². The Morgan fingerprint density at radius 2 is 2.00 bits per heavy atom. The van der Waals surface area contributed by atoms with Crippen molar-refractivity contribution in [3.05, 3.63) is 0 Å². The van der Waals surface area contributed by atoms with E-state index in [0.29, 0.717) is 31.1 Å². The fourth-order valence-electron chi connectivity index (χ4n) is 3.65. The summed E-state index contributed by atoms with van der Waals surface area (Å²) in [6.07, 6.45) is 3.12. The number of guanidine groups is 1. The highest BCUT2D eigenvalue weighted by Crippen LogP contribution is 2.20. The smallest absolute Gasteiger partial charge is 0.211 e. The normalized spacial score (nSPS) is 29.0. The zero-order valence-electron chi connectivity index (χ0n) is 16.0. The molecule has 0 bridgehead atoms. The molecule has 2 N–H and O–H groups in total. The maximum Gasteiger partial charge on any atom is 0.211 e. The quantitative estimate of drug-likeness (QED) is 0.343. The number of aliphatic imine (C=N–C) groups is 1. The Hall–Kier alpha value is -0.130. The van der Waals surface area contributed by atoms with Crippen LogP contribution in [0.5, 0.6) is 0 Å². The first kappa shape index (κ1) is 22.9. The molecule has 3 atom stereocenters. The molecule has 0 aromatic rings. The van der Waals surface area contributed by atoms with Gasteiger partial charge in [0.25, 0.3) is 0 Å². The van der Waals surface area contributed by atoms with Crippen LogP contribution in [-0.2, 0) is 10.0 Å². The average Bonchev–Trinajstić information content (AvgIpc) is 3.10. The highest BCUT2D eigenvalue weighted by atomic mass is 127. The molecule has 2 fully saturated rings. The Morgan fingerprint density at radius 1 is 1.32 bits per heavy atom. The van der Waals surface area contributed by atoms with Crippen molar-refractivity contribution in [2.75, 3.05) is 39.5 Å². The predicted molar refractivity (Wildman–Crippen MR) is 114 cm³/mol. The molecule has 0 aromatic heterocycles. The summed E-state index contributed by atoms with van der Waals surface area (Å²) in [5.74, 6) is 1.32. The first-order valence-electron chi connectivity index (χ1n) is 8.90. The van der Waals surface area contributed by atoms with E-state index in [-0.39, 0.29) is 30.0 Å². The summed E-state index contributed by atoms with van der Waals surface area (Å²) in [6, 6.07) is 0.941. The Morgan fingerprint density at radius 3 is 2.52 bits per heavy atom. The number of rotatable bonds is 5. The summed E-state index contributed by atoms with van der Waals surface area (Å²) >= 11 is 0. The molecule has 2 rings (SSSR count). The van der Waals surface area contributed by atoms with Gasteiger partial charge in [-0.1, -0.05) is 6.92 Å². The Labute approximate surface area is 170 Å². The lowest BCUT2D eigenvalue weighted by atomic mass is 10.1. The van der Waals surface area contributed by atoms with Crippen LogP contribution in [0, 0.1) is 5.92 Å². The fourth-order valence-corrected chi connectivity index (χ4v) is 4.83. The molecule has 2 aliphatic heterocycles. The van der Waals surface area contributed by atoms with Gasteiger partial charge >= 0.3 is 0 Å². The van der Waals surface area contributed by atoms with Gasteiger partial charge < -0.3 is 10.6 Å². The second kappa shape index (κ2) is 9.70. The van der Waals surface area contributed by atoms with E-state index in [0.717, 1.165) is 31.9 Å². The van der Waals surface area contributed by atoms with Crippen LogP contribution in [-0.4, -0.2) is 81.2 Å². The molecule has 2 saturated heterocycles. The van der Waals surface area contributed by atoms with Crippen LogP contribution in [0.2, 0.25) is 0 Å². The standard InChI is InChI=1S/C16H33N5O2S.HI/c1-12(2)20-10-13(3)15(11-20)19-16(17-4)18-9-14-7-6-8-21(14)24(5,22)23;/h12-15H,6-11H2,1-5H3,(H2,17,18,19);1H/t13?,14-,15?;/m1./s1. The summed E-state index contributed by atoms with van der Waals surface area (Å²) in [7, 11) is -1.37. The van der Waals surface area contributed by atoms with Crippen molar-refractivity contribution >= 4 is 40.0 Å². The number of hydrogen-bond donors (Lipinski definition) is 2. The van der Waals surface area contributed by atoms with E-state index < -0.39 is 10.0 Å². The highest BCUT2D eigenvalue weighted by Gasteiger charge is 2.33. The van der Waals surface area contributed by atoms with Crippen LogP contribution in [0.15, 0.2) is 4.99 Å². The van der Waals surface area contributed by atoms with Gasteiger partial charge in [0, 0.05) is 51.4 Å². The molecule has 0 aromatic carbocycles. The first-order valence-corrected chi connectivity index (χ1v) is 10.7. The number of sulfonamides is 1. The molecule has 7 nitrogen and oxygen atoms in total. The van der Waals surface area contributed by atoms with Crippen molar-refractivity contribution in [1.82, 2.24) is 19.8 Å². The van der Waals surface area contributed by atoms with Gasteiger partial charge in [0.05, 0.1) is 6.26 Å².